The van der Waals surface area contributed by atoms with Gasteiger partial charge in [0.2, 0.25) is 11.8 Å². The number of rotatable bonds is 8. The maximum atomic E-state index is 12.3. The highest BCUT2D eigenvalue weighted by Gasteiger charge is 2.42. The Balaban J connectivity index is 1.24. The summed E-state index contributed by atoms with van der Waals surface area (Å²) in [5.74, 6) is 3.02. The van der Waals surface area contributed by atoms with E-state index in [0.29, 0.717) is 42.1 Å². The Labute approximate surface area is 232 Å². The topological polar surface area (TPSA) is 122 Å². The van der Waals surface area contributed by atoms with Gasteiger partial charge in [-0.3, -0.25) is 4.90 Å². The van der Waals surface area contributed by atoms with Crippen LogP contribution in [-0.4, -0.2) is 81.9 Å². The number of benzene rings is 1. The summed E-state index contributed by atoms with van der Waals surface area (Å²) >= 11 is 0. The number of methoxy groups -OCH3 is 2. The number of nitrogens with zero attached hydrogens (tertiary/aromatic N) is 6. The van der Waals surface area contributed by atoms with Gasteiger partial charge >= 0.3 is 6.03 Å². The predicted molar refractivity (Wildman–Crippen MR) is 148 cm³/mol. The van der Waals surface area contributed by atoms with Crippen LogP contribution in [0.4, 0.5) is 10.7 Å². The van der Waals surface area contributed by atoms with Crippen LogP contribution in [0.3, 0.4) is 0 Å². The first-order valence-electron chi connectivity index (χ1n) is 13.5. The monoisotopic (exact) mass is 546 g/mol. The average molecular weight is 547 g/mol. The normalized spacial score (nSPS) is 17.3. The zero-order chi connectivity index (χ0) is 27.7. The molecular formula is C28H34N8O4. The molecule has 0 saturated carbocycles. The van der Waals surface area contributed by atoms with Crippen molar-refractivity contribution in [2.45, 2.75) is 37.9 Å². The smallest absolute Gasteiger partial charge is 0.317 e. The van der Waals surface area contributed by atoms with Gasteiger partial charge in [-0.05, 0) is 49.1 Å². The third-order valence-corrected chi connectivity index (χ3v) is 8.14. The fraction of sp³-hybridized carbons (Fsp3) is 0.429. The van der Waals surface area contributed by atoms with E-state index >= 15 is 0 Å². The van der Waals surface area contributed by atoms with Crippen LogP contribution < -0.4 is 20.1 Å². The number of hydrogen-bond acceptors (Lipinski definition) is 9. The quantitative estimate of drug-likeness (QED) is 0.342. The molecule has 2 aliphatic heterocycles. The molecule has 6 rings (SSSR count). The fourth-order valence-corrected chi connectivity index (χ4v) is 5.69. The summed E-state index contributed by atoms with van der Waals surface area (Å²) in [6.07, 6.45) is 6.35. The molecule has 0 radical (unpaired) electrons. The van der Waals surface area contributed by atoms with Gasteiger partial charge in [0.15, 0.2) is 22.9 Å². The lowest BCUT2D eigenvalue weighted by Crippen LogP contribution is -2.62. The molecule has 210 valence electrons. The van der Waals surface area contributed by atoms with Crippen LogP contribution >= 0.6 is 0 Å². The van der Waals surface area contributed by atoms with Gasteiger partial charge in [0.1, 0.15) is 0 Å². The van der Waals surface area contributed by atoms with Crippen molar-refractivity contribution in [1.82, 2.24) is 34.7 Å². The highest BCUT2D eigenvalue weighted by atomic mass is 16.5. The summed E-state index contributed by atoms with van der Waals surface area (Å²) in [4.78, 5) is 26.2. The van der Waals surface area contributed by atoms with E-state index in [1.807, 2.05) is 48.5 Å². The van der Waals surface area contributed by atoms with Crippen molar-refractivity contribution < 1.29 is 18.7 Å². The Kier molecular flexibility index (Phi) is 6.93. The largest absolute Gasteiger partial charge is 0.493 e. The highest BCUT2D eigenvalue weighted by Crippen LogP contribution is 2.34. The number of hydrogen-bond donors (Lipinski definition) is 2. The molecule has 12 heteroatoms. The number of nitrogens with one attached hydrogen (secondary N) is 2. The maximum absolute atomic E-state index is 12.3. The standard InChI is InChI=1S/C28H34N8O4/c1-34-27(37)29-11-8-28(34)9-12-35(13-10-28)18-20-17-31-26(30-16-19-6-7-21(38-2)23(15-19)39-3)36-25(20)32-24(33-36)22-5-4-14-40-22/h4-7,14-15,17H,8-13,16,18H2,1-3H3,(H,29,37)(H,30,31). The van der Waals surface area contributed by atoms with Crippen LogP contribution in [0.1, 0.15) is 30.4 Å². The van der Waals surface area contributed by atoms with E-state index in [-0.39, 0.29) is 11.6 Å². The van der Waals surface area contributed by atoms with Gasteiger partial charge < -0.3 is 29.4 Å². The minimum absolute atomic E-state index is 0.0238. The van der Waals surface area contributed by atoms with Gasteiger partial charge in [0.25, 0.3) is 0 Å². The van der Waals surface area contributed by atoms with E-state index in [9.17, 15) is 4.79 Å². The van der Waals surface area contributed by atoms with Crippen LogP contribution in [-0.2, 0) is 13.1 Å². The molecule has 40 heavy (non-hydrogen) atoms. The second-order valence-corrected chi connectivity index (χ2v) is 10.3. The lowest BCUT2D eigenvalue weighted by atomic mass is 9.82. The molecule has 0 atom stereocenters. The molecule has 2 saturated heterocycles. The molecular weight excluding hydrogens is 512 g/mol. The molecule has 3 aromatic heterocycles. The molecule has 0 unspecified atom stereocenters. The first-order valence-corrected chi connectivity index (χ1v) is 13.5. The summed E-state index contributed by atoms with van der Waals surface area (Å²) < 4.78 is 18.1. The van der Waals surface area contributed by atoms with Crippen molar-refractivity contribution >= 4 is 17.6 Å². The van der Waals surface area contributed by atoms with Gasteiger partial charge in [-0.2, -0.15) is 4.52 Å². The maximum Gasteiger partial charge on any atom is 0.317 e. The number of carbonyl (C=O) groups is 1. The van der Waals surface area contributed by atoms with Crippen molar-refractivity contribution in [3.63, 3.8) is 0 Å². The lowest BCUT2D eigenvalue weighted by Gasteiger charge is -2.49. The van der Waals surface area contributed by atoms with Crippen LogP contribution in [0.5, 0.6) is 11.5 Å². The number of aromatic nitrogens is 4. The average Bonchev–Trinajstić information content (AvgIpc) is 3.67. The first kappa shape index (κ1) is 25.9. The molecule has 2 fully saturated rings. The Bertz CT molecular complexity index is 1490. The van der Waals surface area contributed by atoms with E-state index in [4.69, 9.17) is 29.0 Å². The predicted octanol–water partition coefficient (Wildman–Crippen LogP) is 3.39. The van der Waals surface area contributed by atoms with Gasteiger partial charge in [-0.15, -0.1) is 5.10 Å². The number of furan rings is 1. The van der Waals surface area contributed by atoms with Crippen molar-refractivity contribution in [2.75, 3.05) is 46.2 Å². The molecule has 5 heterocycles. The number of piperidine rings is 1. The van der Waals surface area contributed by atoms with Crippen molar-refractivity contribution in [3.8, 4) is 23.1 Å². The van der Waals surface area contributed by atoms with Gasteiger partial charge in [0.05, 0.1) is 20.5 Å². The summed E-state index contributed by atoms with van der Waals surface area (Å²) in [7, 11) is 5.16. The molecule has 2 N–H and O–H groups in total. The van der Waals surface area contributed by atoms with Gasteiger partial charge in [-0.25, -0.2) is 14.8 Å². The molecule has 12 nitrogen and oxygen atoms in total. The van der Waals surface area contributed by atoms with Crippen LogP contribution in [0.2, 0.25) is 0 Å². The number of carbonyl (C=O) groups excluding carboxylic acids is 1. The molecule has 2 amide bonds. The first-order chi connectivity index (χ1) is 19.5. The Hall–Kier alpha value is -4.32. The van der Waals surface area contributed by atoms with E-state index in [1.54, 1.807) is 25.0 Å². The summed E-state index contributed by atoms with van der Waals surface area (Å²) in [6, 6.07) is 9.49. The summed E-state index contributed by atoms with van der Waals surface area (Å²) in [5, 5.41) is 11.1. The lowest BCUT2D eigenvalue weighted by molar-refractivity contribution is 0.0387. The third-order valence-electron chi connectivity index (χ3n) is 8.14. The minimum Gasteiger partial charge on any atom is -0.493 e. The molecule has 0 aliphatic carbocycles. The number of ether oxygens (including phenoxy) is 2. The summed E-state index contributed by atoms with van der Waals surface area (Å²) in [5.41, 5.74) is 2.65. The Morgan fingerprint density at radius 1 is 1.12 bits per heavy atom. The number of urea groups is 1. The number of fused-ring (bicyclic) bond motifs is 1. The second-order valence-electron chi connectivity index (χ2n) is 10.3. The molecule has 2 aliphatic rings. The fourth-order valence-electron chi connectivity index (χ4n) is 5.69. The number of amides is 2. The second kappa shape index (κ2) is 10.7. The van der Waals surface area contributed by atoms with E-state index in [2.05, 4.69) is 15.5 Å². The Morgan fingerprint density at radius 2 is 1.95 bits per heavy atom. The summed E-state index contributed by atoms with van der Waals surface area (Å²) in [6.45, 7) is 3.72. The molecule has 1 aromatic carbocycles. The number of anilines is 1. The van der Waals surface area contributed by atoms with E-state index < -0.39 is 0 Å². The SMILES string of the molecule is COc1ccc(CNc2ncc(CN3CCC4(CCNC(=O)N4C)CC3)c3nc(-c4ccco4)nn23)cc1OC. The zero-order valence-corrected chi connectivity index (χ0v) is 23.0. The van der Waals surface area contributed by atoms with E-state index in [1.165, 1.54) is 0 Å². The highest BCUT2D eigenvalue weighted by molar-refractivity contribution is 5.75. The van der Waals surface area contributed by atoms with Gasteiger partial charge in [-0.1, -0.05) is 6.07 Å². The van der Waals surface area contributed by atoms with Crippen molar-refractivity contribution in [3.05, 3.63) is 53.9 Å². The minimum atomic E-state index is -0.0639. The molecule has 1 spiro atoms. The van der Waals surface area contributed by atoms with Crippen LogP contribution in [0, 0.1) is 0 Å². The zero-order valence-electron chi connectivity index (χ0n) is 23.0. The van der Waals surface area contributed by atoms with Crippen molar-refractivity contribution in [2.24, 2.45) is 0 Å². The number of likely N-dealkylation sites (tertiary alicyclic amines) is 1. The van der Waals surface area contributed by atoms with Crippen LogP contribution in [0.15, 0.2) is 47.2 Å². The van der Waals surface area contributed by atoms with E-state index in [0.717, 1.165) is 55.7 Å². The Morgan fingerprint density at radius 3 is 2.70 bits per heavy atom. The third kappa shape index (κ3) is 4.79. The van der Waals surface area contributed by atoms with Crippen LogP contribution in [0.25, 0.3) is 17.2 Å². The van der Waals surface area contributed by atoms with Gasteiger partial charge in [0, 0.05) is 57.1 Å². The van der Waals surface area contributed by atoms with Crippen molar-refractivity contribution in [1.29, 1.82) is 0 Å². The molecule has 0 bridgehead atoms. The molecule has 4 aromatic rings.